The van der Waals surface area contributed by atoms with E-state index in [4.69, 9.17) is 21.1 Å². The monoisotopic (exact) mass is 488 g/mol. The van der Waals surface area contributed by atoms with E-state index < -0.39 is 15.9 Å². The van der Waals surface area contributed by atoms with Crippen molar-refractivity contribution in [3.63, 3.8) is 0 Å². The van der Waals surface area contributed by atoms with Gasteiger partial charge in [-0.05, 0) is 54.6 Å². The maximum atomic E-state index is 13.2. The average Bonchev–Trinajstić information content (AvgIpc) is 2.84. The molecular weight excluding hydrogens is 464 g/mol. The van der Waals surface area contributed by atoms with Crippen LogP contribution in [-0.2, 0) is 10.0 Å². The molecule has 0 saturated heterocycles. The molecule has 0 N–H and O–H groups in total. The van der Waals surface area contributed by atoms with Gasteiger partial charge < -0.3 is 14.4 Å². The zero-order valence-electron chi connectivity index (χ0n) is 18.6. The van der Waals surface area contributed by atoms with E-state index >= 15 is 0 Å². The number of rotatable bonds is 9. The second-order valence-corrected chi connectivity index (χ2v) is 9.58. The molecule has 9 heteroatoms. The topological polar surface area (TPSA) is 76.2 Å². The standard InChI is InChI=1S/C24H25ClN2O5S/c1-26(15-16-32-20-7-5-4-6-8-20)24(28)22-17-21(13-14-23(22)25)33(29,30)27(2)18-9-11-19(31-3)12-10-18/h4-14,17H,15-16H2,1-3H3. The third kappa shape index (κ3) is 5.77. The van der Waals surface area contributed by atoms with Crippen molar-refractivity contribution in [3.8, 4) is 11.5 Å². The van der Waals surface area contributed by atoms with Crippen molar-refractivity contribution in [2.75, 3.05) is 38.7 Å². The van der Waals surface area contributed by atoms with Crippen molar-refractivity contribution in [1.82, 2.24) is 4.90 Å². The Hall–Kier alpha value is -3.23. The Morgan fingerprint density at radius 1 is 0.939 bits per heavy atom. The number of nitrogens with zero attached hydrogens (tertiary/aromatic N) is 2. The number of methoxy groups -OCH3 is 1. The summed E-state index contributed by atoms with van der Waals surface area (Å²) in [6, 6.07) is 20.0. The summed E-state index contributed by atoms with van der Waals surface area (Å²) in [6.07, 6.45) is 0. The van der Waals surface area contributed by atoms with Gasteiger partial charge in [-0.15, -0.1) is 0 Å². The molecular formula is C24H25ClN2O5S. The van der Waals surface area contributed by atoms with Gasteiger partial charge in [-0.2, -0.15) is 0 Å². The van der Waals surface area contributed by atoms with Gasteiger partial charge in [0.15, 0.2) is 0 Å². The molecule has 0 aliphatic carbocycles. The van der Waals surface area contributed by atoms with Gasteiger partial charge >= 0.3 is 0 Å². The molecule has 0 atom stereocenters. The summed E-state index contributed by atoms with van der Waals surface area (Å²) in [7, 11) is 0.663. The van der Waals surface area contributed by atoms with Crippen molar-refractivity contribution in [1.29, 1.82) is 0 Å². The lowest BCUT2D eigenvalue weighted by molar-refractivity contribution is 0.0773. The third-order valence-corrected chi connectivity index (χ3v) is 7.16. The quantitative estimate of drug-likeness (QED) is 0.448. The molecule has 0 heterocycles. The second-order valence-electron chi connectivity index (χ2n) is 7.20. The molecule has 0 unspecified atom stereocenters. The number of benzene rings is 3. The number of para-hydroxylation sites is 1. The fourth-order valence-corrected chi connectivity index (χ4v) is 4.46. The Labute approximate surface area is 199 Å². The van der Waals surface area contributed by atoms with Gasteiger partial charge in [-0.1, -0.05) is 29.8 Å². The summed E-state index contributed by atoms with van der Waals surface area (Å²) in [5, 5.41) is 0.168. The Morgan fingerprint density at radius 3 is 2.24 bits per heavy atom. The summed E-state index contributed by atoms with van der Waals surface area (Å²) in [6.45, 7) is 0.578. The molecule has 0 aliphatic rings. The highest BCUT2D eigenvalue weighted by Gasteiger charge is 2.25. The number of carbonyl (C=O) groups is 1. The number of carbonyl (C=O) groups excluding carboxylic acids is 1. The molecule has 0 spiro atoms. The highest BCUT2D eigenvalue weighted by atomic mass is 35.5. The number of hydrogen-bond donors (Lipinski definition) is 0. The van der Waals surface area contributed by atoms with Crippen LogP contribution < -0.4 is 13.8 Å². The van der Waals surface area contributed by atoms with Crippen LogP contribution in [0.25, 0.3) is 0 Å². The first-order valence-corrected chi connectivity index (χ1v) is 11.9. The second kappa shape index (κ2) is 10.6. The maximum absolute atomic E-state index is 13.2. The van der Waals surface area contributed by atoms with Gasteiger partial charge in [0.25, 0.3) is 15.9 Å². The highest BCUT2D eigenvalue weighted by molar-refractivity contribution is 7.92. The lowest BCUT2D eigenvalue weighted by atomic mass is 10.2. The molecule has 0 bridgehead atoms. The Kier molecular flexibility index (Phi) is 7.84. The normalized spacial score (nSPS) is 11.0. The number of halogens is 1. The molecule has 7 nitrogen and oxygen atoms in total. The van der Waals surface area contributed by atoms with Crippen molar-refractivity contribution in [2.24, 2.45) is 0 Å². The maximum Gasteiger partial charge on any atom is 0.264 e. The van der Waals surface area contributed by atoms with Crippen molar-refractivity contribution in [2.45, 2.75) is 4.90 Å². The smallest absolute Gasteiger partial charge is 0.264 e. The third-order valence-electron chi connectivity index (χ3n) is 5.05. The highest BCUT2D eigenvalue weighted by Crippen LogP contribution is 2.27. The van der Waals surface area contributed by atoms with Crippen LogP contribution in [-0.4, -0.2) is 53.6 Å². The molecule has 0 fully saturated rings. The summed E-state index contributed by atoms with van der Waals surface area (Å²) in [5.41, 5.74) is 0.553. The van der Waals surface area contributed by atoms with Gasteiger partial charge in [0.2, 0.25) is 0 Å². The minimum atomic E-state index is -3.92. The number of ether oxygens (including phenoxy) is 2. The SMILES string of the molecule is COc1ccc(N(C)S(=O)(=O)c2ccc(Cl)c(C(=O)N(C)CCOc3ccccc3)c2)cc1. The molecule has 0 radical (unpaired) electrons. The van der Waals surface area contributed by atoms with Crippen LogP contribution in [0.2, 0.25) is 5.02 Å². The molecule has 174 valence electrons. The Balaban J connectivity index is 1.76. The minimum Gasteiger partial charge on any atom is -0.497 e. The van der Waals surface area contributed by atoms with Crippen LogP contribution in [0.15, 0.2) is 77.7 Å². The molecule has 3 rings (SSSR count). The first kappa shape index (κ1) is 24.4. The summed E-state index contributed by atoms with van der Waals surface area (Å²) >= 11 is 6.24. The van der Waals surface area contributed by atoms with E-state index in [1.807, 2.05) is 30.3 Å². The fraction of sp³-hybridized carbons (Fsp3) is 0.208. The van der Waals surface area contributed by atoms with Crippen molar-refractivity contribution in [3.05, 3.63) is 83.4 Å². The fourth-order valence-electron chi connectivity index (χ4n) is 3.04. The number of sulfonamides is 1. The van der Waals surface area contributed by atoms with E-state index in [1.54, 1.807) is 31.3 Å². The van der Waals surface area contributed by atoms with Gasteiger partial charge in [-0.3, -0.25) is 9.10 Å². The Morgan fingerprint density at radius 2 is 1.61 bits per heavy atom. The molecule has 0 saturated carbocycles. The van der Waals surface area contributed by atoms with Gasteiger partial charge in [0.05, 0.1) is 34.8 Å². The summed E-state index contributed by atoms with van der Waals surface area (Å²) in [5.74, 6) is 0.912. The molecule has 0 aliphatic heterocycles. The summed E-state index contributed by atoms with van der Waals surface area (Å²) in [4.78, 5) is 14.4. The van der Waals surface area contributed by atoms with Crippen LogP contribution in [0, 0.1) is 0 Å². The molecule has 33 heavy (non-hydrogen) atoms. The lowest BCUT2D eigenvalue weighted by Gasteiger charge is -2.21. The van der Waals surface area contributed by atoms with Gasteiger partial charge in [0, 0.05) is 14.1 Å². The lowest BCUT2D eigenvalue weighted by Crippen LogP contribution is -2.31. The minimum absolute atomic E-state index is 0.0393. The number of hydrogen-bond acceptors (Lipinski definition) is 5. The number of anilines is 1. The van der Waals surface area contributed by atoms with Crippen LogP contribution >= 0.6 is 11.6 Å². The Bertz CT molecular complexity index is 1200. The van der Waals surface area contributed by atoms with Gasteiger partial charge in [0.1, 0.15) is 18.1 Å². The first-order chi connectivity index (χ1) is 15.7. The van der Waals surface area contributed by atoms with Crippen LogP contribution in [0.4, 0.5) is 5.69 Å². The number of likely N-dealkylation sites (N-methyl/N-ethyl adjacent to an activating group) is 1. The van der Waals surface area contributed by atoms with Crippen LogP contribution in [0.1, 0.15) is 10.4 Å². The number of amides is 1. The first-order valence-electron chi connectivity index (χ1n) is 10.1. The van der Waals surface area contributed by atoms with Gasteiger partial charge in [-0.25, -0.2) is 8.42 Å². The van der Waals surface area contributed by atoms with E-state index in [1.165, 1.54) is 37.3 Å². The zero-order chi connectivity index (χ0) is 24.0. The van der Waals surface area contributed by atoms with Crippen molar-refractivity contribution < 1.29 is 22.7 Å². The van der Waals surface area contributed by atoms with Crippen molar-refractivity contribution >= 4 is 33.2 Å². The largest absolute Gasteiger partial charge is 0.497 e. The molecule has 3 aromatic rings. The molecule has 0 aromatic heterocycles. The van der Waals surface area contributed by atoms with Crippen LogP contribution in [0.5, 0.6) is 11.5 Å². The zero-order valence-corrected chi connectivity index (χ0v) is 20.1. The summed E-state index contributed by atoms with van der Waals surface area (Å²) < 4.78 is 38.2. The molecule has 1 amide bonds. The van der Waals surface area contributed by atoms with Crippen LogP contribution in [0.3, 0.4) is 0 Å². The predicted molar refractivity (Wildman–Crippen MR) is 129 cm³/mol. The average molecular weight is 489 g/mol. The van der Waals surface area contributed by atoms with E-state index in [0.29, 0.717) is 23.7 Å². The van der Waals surface area contributed by atoms with E-state index in [-0.39, 0.29) is 22.1 Å². The predicted octanol–water partition coefficient (Wildman–Crippen LogP) is 4.32. The van der Waals surface area contributed by atoms with E-state index in [9.17, 15) is 13.2 Å². The van der Waals surface area contributed by atoms with E-state index in [0.717, 1.165) is 4.31 Å². The van der Waals surface area contributed by atoms with E-state index in [2.05, 4.69) is 0 Å². The molecule has 3 aromatic carbocycles.